The summed E-state index contributed by atoms with van der Waals surface area (Å²) in [4.78, 5) is 27.6. The lowest BCUT2D eigenvalue weighted by atomic mass is 9.92. The zero-order valence-electron chi connectivity index (χ0n) is 40.9. The molecule has 0 fully saturated rings. The summed E-state index contributed by atoms with van der Waals surface area (Å²) in [5.41, 5.74) is 0. The number of carbonyl (C=O) groups is 2. The second-order valence-corrected chi connectivity index (χ2v) is 18.4. The van der Waals surface area contributed by atoms with Gasteiger partial charge in [0.25, 0.3) is 0 Å². The number of nitrogens with zero attached hydrogens (tertiary/aromatic N) is 1. The lowest BCUT2D eigenvalue weighted by Crippen LogP contribution is -2.25. The Morgan fingerprint density at radius 2 is 0.695 bits per heavy atom. The molecule has 0 saturated heterocycles. The van der Waals surface area contributed by atoms with E-state index >= 15 is 0 Å². The Labute approximate surface area is 369 Å². The molecule has 0 N–H and O–H groups in total. The van der Waals surface area contributed by atoms with Crippen LogP contribution in [0.2, 0.25) is 0 Å². The number of hydrogen-bond acceptors (Lipinski definition) is 6. The van der Waals surface area contributed by atoms with Crippen LogP contribution < -0.4 is 0 Å². The Hall–Kier alpha value is -1.14. The minimum Gasteiger partial charge on any atom is -0.466 e. The first-order valence-electron chi connectivity index (χ1n) is 26.5. The maximum atomic E-state index is 12.5. The fourth-order valence-corrected chi connectivity index (χ4v) is 8.72. The van der Waals surface area contributed by atoms with Crippen molar-refractivity contribution in [3.8, 4) is 0 Å². The first-order chi connectivity index (χ1) is 28.9. The zero-order valence-corrected chi connectivity index (χ0v) is 40.9. The quantitative estimate of drug-likeness (QED) is 0.0449. The molecule has 0 amide bonds. The minimum atomic E-state index is 0.0334. The van der Waals surface area contributed by atoms with Crippen molar-refractivity contribution in [3.05, 3.63) is 0 Å². The molecule has 0 aromatic heterocycles. The average molecular weight is 836 g/mol. The number of hydrogen-bond donors (Lipinski definition) is 0. The van der Waals surface area contributed by atoms with Crippen LogP contribution in [0.1, 0.15) is 266 Å². The van der Waals surface area contributed by atoms with E-state index in [9.17, 15) is 9.59 Å². The molecular weight excluding hydrogens is 731 g/mol. The number of carbonyl (C=O) groups excluding carboxylic acids is 2. The molecule has 6 heteroatoms. The molecule has 0 aliphatic carbocycles. The third kappa shape index (κ3) is 40.7. The summed E-state index contributed by atoms with van der Waals surface area (Å²) < 4.78 is 17.6. The lowest BCUT2D eigenvalue weighted by Gasteiger charge is -2.19. The van der Waals surface area contributed by atoms with E-state index in [4.69, 9.17) is 14.2 Å². The Balaban J connectivity index is 4.26. The summed E-state index contributed by atoms with van der Waals surface area (Å²) in [6, 6.07) is 0. The van der Waals surface area contributed by atoms with Gasteiger partial charge in [-0.05, 0) is 88.6 Å². The van der Waals surface area contributed by atoms with Crippen molar-refractivity contribution >= 4 is 11.9 Å². The van der Waals surface area contributed by atoms with Gasteiger partial charge < -0.3 is 19.1 Å². The molecule has 0 unspecified atom stereocenters. The molecule has 59 heavy (non-hydrogen) atoms. The lowest BCUT2D eigenvalue weighted by molar-refractivity contribution is -0.146. The predicted octanol–water partition coefficient (Wildman–Crippen LogP) is 16.0. The summed E-state index contributed by atoms with van der Waals surface area (Å²) in [5, 5.41) is 0. The van der Waals surface area contributed by atoms with E-state index in [0.29, 0.717) is 43.8 Å². The third-order valence-corrected chi connectivity index (χ3v) is 12.8. The van der Waals surface area contributed by atoms with Gasteiger partial charge in [-0.15, -0.1) is 0 Å². The van der Waals surface area contributed by atoms with Gasteiger partial charge in [0.2, 0.25) is 0 Å². The minimum absolute atomic E-state index is 0.0334. The van der Waals surface area contributed by atoms with Gasteiger partial charge in [-0.1, -0.05) is 196 Å². The topological polar surface area (TPSA) is 65.1 Å². The highest BCUT2D eigenvalue weighted by molar-refractivity contribution is 5.70. The van der Waals surface area contributed by atoms with Crippen LogP contribution in [0.25, 0.3) is 0 Å². The highest BCUT2D eigenvalue weighted by Gasteiger charge is 2.16. The summed E-state index contributed by atoms with van der Waals surface area (Å²) in [6.07, 6.45) is 42.0. The van der Waals surface area contributed by atoms with Gasteiger partial charge in [0, 0.05) is 32.6 Å². The molecule has 6 nitrogen and oxygen atoms in total. The van der Waals surface area contributed by atoms with Crippen molar-refractivity contribution in [2.75, 3.05) is 46.1 Å². The molecule has 0 rings (SSSR count). The van der Waals surface area contributed by atoms with Gasteiger partial charge in [0.05, 0.1) is 13.2 Å². The van der Waals surface area contributed by atoms with Crippen molar-refractivity contribution in [1.29, 1.82) is 0 Å². The Kier molecular flexibility index (Phi) is 45.5. The number of unbranched alkanes of at least 4 members (excludes halogenated alkanes) is 20. The van der Waals surface area contributed by atoms with Crippen LogP contribution in [0.15, 0.2) is 0 Å². The summed E-state index contributed by atoms with van der Waals surface area (Å²) in [6.45, 7) is 19.9. The van der Waals surface area contributed by atoms with Crippen LogP contribution in [0.3, 0.4) is 0 Å². The van der Waals surface area contributed by atoms with Gasteiger partial charge >= 0.3 is 11.9 Å². The number of rotatable bonds is 48. The van der Waals surface area contributed by atoms with E-state index in [2.05, 4.69) is 46.4 Å². The average Bonchev–Trinajstić information content (AvgIpc) is 3.23. The summed E-state index contributed by atoms with van der Waals surface area (Å²) in [5.74, 6) is 1.78. The molecule has 0 aromatic carbocycles. The van der Waals surface area contributed by atoms with Crippen molar-refractivity contribution in [2.45, 2.75) is 266 Å². The van der Waals surface area contributed by atoms with Crippen LogP contribution in [0.5, 0.6) is 0 Å². The van der Waals surface area contributed by atoms with E-state index in [-0.39, 0.29) is 11.9 Å². The highest BCUT2D eigenvalue weighted by atomic mass is 16.5. The fourth-order valence-electron chi connectivity index (χ4n) is 8.72. The molecule has 352 valence electrons. The van der Waals surface area contributed by atoms with Crippen molar-refractivity contribution in [2.24, 2.45) is 17.8 Å². The van der Waals surface area contributed by atoms with Crippen LogP contribution in [0.4, 0.5) is 0 Å². The molecule has 0 atom stereocenters. The molecule has 0 bridgehead atoms. The van der Waals surface area contributed by atoms with Crippen LogP contribution in [0, 0.1) is 17.8 Å². The predicted molar refractivity (Wildman–Crippen MR) is 255 cm³/mol. The second kappa shape index (κ2) is 46.4. The molecule has 0 spiro atoms. The fraction of sp³-hybridized carbons (Fsp3) is 0.962. The Bertz CT molecular complexity index is 785. The highest BCUT2D eigenvalue weighted by Crippen LogP contribution is 2.24. The first-order valence-corrected chi connectivity index (χ1v) is 26.5. The molecule has 0 radical (unpaired) electrons. The number of ether oxygens (including phenoxy) is 3. The molecule has 0 aliphatic rings. The Morgan fingerprint density at radius 1 is 0.373 bits per heavy atom. The maximum Gasteiger partial charge on any atom is 0.306 e. The normalized spacial score (nSPS) is 11.8. The molecule has 0 heterocycles. The molecule has 0 aromatic rings. The smallest absolute Gasteiger partial charge is 0.306 e. The van der Waals surface area contributed by atoms with E-state index < -0.39 is 0 Å². The second-order valence-electron chi connectivity index (χ2n) is 18.4. The van der Waals surface area contributed by atoms with Crippen LogP contribution >= 0.6 is 0 Å². The SMILES string of the molecule is CCCCCC(CCCCC)CC(=O)OCCCCCCCCCC(CCCCCCCCCOC(=O)CC(CCCCC)CCCCC)COCCCN(CC)CC. The first kappa shape index (κ1) is 57.9. The van der Waals surface area contributed by atoms with E-state index in [1.54, 1.807) is 0 Å². The monoisotopic (exact) mass is 836 g/mol. The van der Waals surface area contributed by atoms with Gasteiger partial charge in [-0.2, -0.15) is 0 Å². The van der Waals surface area contributed by atoms with Crippen molar-refractivity contribution in [3.63, 3.8) is 0 Å². The molecule has 0 aliphatic heterocycles. The van der Waals surface area contributed by atoms with Crippen molar-refractivity contribution in [1.82, 2.24) is 4.90 Å². The molecule has 0 saturated carbocycles. The Morgan fingerprint density at radius 3 is 1.05 bits per heavy atom. The van der Waals surface area contributed by atoms with Gasteiger partial charge in [0.1, 0.15) is 0 Å². The maximum absolute atomic E-state index is 12.5. The number of esters is 2. The van der Waals surface area contributed by atoms with Gasteiger partial charge in [0.15, 0.2) is 0 Å². The van der Waals surface area contributed by atoms with Crippen LogP contribution in [-0.4, -0.2) is 62.9 Å². The summed E-state index contributed by atoms with van der Waals surface area (Å²) >= 11 is 0. The largest absolute Gasteiger partial charge is 0.466 e. The zero-order chi connectivity index (χ0) is 43.3. The summed E-state index contributed by atoms with van der Waals surface area (Å²) in [7, 11) is 0. The van der Waals surface area contributed by atoms with E-state index in [1.165, 1.54) is 193 Å². The van der Waals surface area contributed by atoms with E-state index in [0.717, 1.165) is 52.1 Å². The van der Waals surface area contributed by atoms with Crippen LogP contribution in [-0.2, 0) is 23.8 Å². The van der Waals surface area contributed by atoms with Crippen molar-refractivity contribution < 1.29 is 23.8 Å². The van der Waals surface area contributed by atoms with Gasteiger partial charge in [-0.3, -0.25) is 9.59 Å². The molecular formula is C53H105NO5. The third-order valence-electron chi connectivity index (χ3n) is 12.8. The standard InChI is InChI=1S/C53H105NO5/c1-7-13-27-36-49(37-28-14-8-2)46-52(55)58-44-33-25-21-17-19-23-31-40-51(48-57-43-35-42-54(11-5)12-6)41-32-24-20-18-22-26-34-45-59-53(56)47-50(38-29-15-9-3)39-30-16-10-4/h49-51H,7-48H2,1-6H3. The van der Waals surface area contributed by atoms with E-state index in [1.807, 2.05) is 0 Å². The van der Waals surface area contributed by atoms with Gasteiger partial charge in [-0.25, -0.2) is 0 Å².